The first-order valence-corrected chi connectivity index (χ1v) is 5.41. The summed E-state index contributed by atoms with van der Waals surface area (Å²) in [5, 5.41) is 9.24. The van der Waals surface area contributed by atoms with Crippen LogP contribution in [-0.4, -0.2) is 36.9 Å². The molecular formula is C11H20O5. The highest BCUT2D eigenvalue weighted by Crippen LogP contribution is 2.30. The maximum Gasteiger partial charge on any atom is 0.326 e. The van der Waals surface area contributed by atoms with Crippen molar-refractivity contribution in [1.82, 2.24) is 0 Å². The van der Waals surface area contributed by atoms with E-state index in [0.717, 1.165) is 0 Å². The number of hydrogen-bond donors (Lipinski definition) is 1. The van der Waals surface area contributed by atoms with Gasteiger partial charge in [0, 0.05) is 6.61 Å². The molecule has 0 aromatic heterocycles. The monoisotopic (exact) mass is 232 g/mol. The van der Waals surface area contributed by atoms with Crippen LogP contribution in [0.2, 0.25) is 0 Å². The van der Waals surface area contributed by atoms with Crippen LogP contribution in [0.1, 0.15) is 27.7 Å². The molecule has 0 rings (SSSR count). The highest BCUT2D eigenvalue weighted by Gasteiger charge is 2.50. The van der Waals surface area contributed by atoms with Crippen molar-refractivity contribution in [3.8, 4) is 0 Å². The minimum atomic E-state index is -1.61. The molecule has 0 aromatic carbocycles. The van der Waals surface area contributed by atoms with Crippen LogP contribution in [0, 0.1) is 11.3 Å². The first-order chi connectivity index (χ1) is 7.43. The molecule has 16 heavy (non-hydrogen) atoms. The molecule has 0 radical (unpaired) electrons. The maximum absolute atomic E-state index is 11.8. The molecule has 0 saturated carbocycles. The van der Waals surface area contributed by atoms with Crippen LogP contribution in [0.25, 0.3) is 0 Å². The lowest BCUT2D eigenvalue weighted by Crippen LogP contribution is -2.48. The number of hydrogen-bond acceptors (Lipinski definition) is 4. The number of esters is 1. The standard InChI is InChI=1S/C11H20O5/c1-5-15-7-11(8(3)4,9(12)13)10(14)16-6-2/h8H,5-7H2,1-4H3,(H,12,13). The number of carbonyl (C=O) groups is 2. The summed E-state index contributed by atoms with van der Waals surface area (Å²) >= 11 is 0. The summed E-state index contributed by atoms with van der Waals surface area (Å²) in [4.78, 5) is 23.1. The Morgan fingerprint density at radius 1 is 1.25 bits per heavy atom. The van der Waals surface area contributed by atoms with Gasteiger partial charge in [-0.15, -0.1) is 0 Å². The van der Waals surface area contributed by atoms with Crippen LogP contribution < -0.4 is 0 Å². The normalized spacial score (nSPS) is 14.6. The first-order valence-electron chi connectivity index (χ1n) is 5.41. The van der Waals surface area contributed by atoms with Gasteiger partial charge in [0.2, 0.25) is 0 Å². The summed E-state index contributed by atoms with van der Waals surface area (Å²) in [5.41, 5.74) is -1.61. The van der Waals surface area contributed by atoms with Crippen molar-refractivity contribution in [3.05, 3.63) is 0 Å². The van der Waals surface area contributed by atoms with Gasteiger partial charge in [-0.05, 0) is 19.8 Å². The van der Waals surface area contributed by atoms with Crippen LogP contribution in [0.3, 0.4) is 0 Å². The SMILES string of the molecule is CCOCC(C(=O)O)(C(=O)OCC)C(C)C. The van der Waals surface area contributed by atoms with Crippen LogP contribution in [0.5, 0.6) is 0 Å². The van der Waals surface area contributed by atoms with Crippen molar-refractivity contribution < 1.29 is 24.2 Å². The fraction of sp³-hybridized carbons (Fsp3) is 0.818. The highest BCUT2D eigenvalue weighted by molar-refractivity contribution is 5.99. The smallest absolute Gasteiger partial charge is 0.326 e. The predicted octanol–water partition coefficient (Wildman–Crippen LogP) is 1.31. The number of carbonyl (C=O) groups excluding carboxylic acids is 1. The summed E-state index contributed by atoms with van der Waals surface area (Å²) in [7, 11) is 0. The maximum atomic E-state index is 11.8. The minimum absolute atomic E-state index is 0.157. The molecule has 0 aliphatic heterocycles. The quantitative estimate of drug-likeness (QED) is 0.529. The van der Waals surface area contributed by atoms with Crippen LogP contribution in [0.15, 0.2) is 0 Å². The fourth-order valence-electron chi connectivity index (χ4n) is 1.38. The number of rotatable bonds is 7. The van der Waals surface area contributed by atoms with E-state index in [2.05, 4.69) is 0 Å². The summed E-state index contributed by atoms with van der Waals surface area (Å²) < 4.78 is 9.93. The summed E-state index contributed by atoms with van der Waals surface area (Å²) in [5.74, 6) is -2.32. The molecule has 94 valence electrons. The second-order valence-electron chi connectivity index (χ2n) is 3.79. The number of carboxylic acids is 1. The fourth-order valence-corrected chi connectivity index (χ4v) is 1.38. The highest BCUT2D eigenvalue weighted by atomic mass is 16.5. The van der Waals surface area contributed by atoms with Crippen LogP contribution in [-0.2, 0) is 19.1 Å². The van der Waals surface area contributed by atoms with E-state index in [1.807, 2.05) is 0 Å². The van der Waals surface area contributed by atoms with Gasteiger partial charge in [0.15, 0.2) is 5.41 Å². The molecule has 0 aromatic rings. The lowest BCUT2D eigenvalue weighted by molar-refractivity contribution is -0.177. The topological polar surface area (TPSA) is 72.8 Å². The second kappa shape index (κ2) is 6.48. The zero-order valence-electron chi connectivity index (χ0n) is 10.3. The van der Waals surface area contributed by atoms with Crippen molar-refractivity contribution in [3.63, 3.8) is 0 Å². The van der Waals surface area contributed by atoms with Gasteiger partial charge >= 0.3 is 11.9 Å². The van der Waals surface area contributed by atoms with Gasteiger partial charge in [-0.25, -0.2) is 0 Å². The van der Waals surface area contributed by atoms with Crippen molar-refractivity contribution in [1.29, 1.82) is 0 Å². The van der Waals surface area contributed by atoms with Gasteiger partial charge in [-0.3, -0.25) is 9.59 Å². The van der Waals surface area contributed by atoms with E-state index in [1.165, 1.54) is 0 Å². The molecule has 0 fully saturated rings. The first kappa shape index (κ1) is 14.9. The third-order valence-electron chi connectivity index (χ3n) is 2.54. The molecule has 1 unspecified atom stereocenters. The molecule has 1 atom stereocenters. The van der Waals surface area contributed by atoms with Gasteiger partial charge in [0.25, 0.3) is 0 Å². The Kier molecular flexibility index (Phi) is 6.03. The van der Waals surface area contributed by atoms with Crippen molar-refractivity contribution in [2.45, 2.75) is 27.7 Å². The molecule has 1 N–H and O–H groups in total. The van der Waals surface area contributed by atoms with E-state index in [0.29, 0.717) is 6.61 Å². The molecule has 0 spiro atoms. The molecular weight excluding hydrogens is 212 g/mol. The van der Waals surface area contributed by atoms with E-state index >= 15 is 0 Å². The molecule has 0 aliphatic carbocycles. The summed E-state index contributed by atoms with van der Waals surface area (Å²) in [6.45, 7) is 7.10. The predicted molar refractivity (Wildman–Crippen MR) is 58.0 cm³/mol. The average molecular weight is 232 g/mol. The van der Waals surface area contributed by atoms with Crippen molar-refractivity contribution in [2.75, 3.05) is 19.8 Å². The zero-order valence-corrected chi connectivity index (χ0v) is 10.3. The van der Waals surface area contributed by atoms with E-state index in [1.54, 1.807) is 27.7 Å². The molecule has 0 saturated heterocycles. The lowest BCUT2D eigenvalue weighted by Gasteiger charge is -2.30. The number of ether oxygens (including phenoxy) is 2. The molecule has 5 heteroatoms. The second-order valence-corrected chi connectivity index (χ2v) is 3.79. The van der Waals surface area contributed by atoms with Gasteiger partial charge in [0.1, 0.15) is 0 Å². The zero-order chi connectivity index (χ0) is 12.8. The number of carboxylic acid groups (broad SMARTS) is 1. The molecule has 5 nitrogen and oxygen atoms in total. The Balaban J connectivity index is 5.09. The summed E-state index contributed by atoms with van der Waals surface area (Å²) in [6, 6.07) is 0. The lowest BCUT2D eigenvalue weighted by atomic mass is 9.78. The van der Waals surface area contributed by atoms with Crippen molar-refractivity contribution >= 4 is 11.9 Å². The largest absolute Gasteiger partial charge is 0.480 e. The van der Waals surface area contributed by atoms with Gasteiger partial charge in [-0.2, -0.15) is 0 Å². The third-order valence-corrected chi connectivity index (χ3v) is 2.54. The van der Waals surface area contributed by atoms with Crippen LogP contribution in [0.4, 0.5) is 0 Å². The third kappa shape index (κ3) is 2.95. The van der Waals surface area contributed by atoms with E-state index in [-0.39, 0.29) is 13.2 Å². The average Bonchev–Trinajstić information content (AvgIpc) is 2.18. The van der Waals surface area contributed by atoms with Crippen LogP contribution >= 0.6 is 0 Å². The Morgan fingerprint density at radius 2 is 1.81 bits per heavy atom. The summed E-state index contributed by atoms with van der Waals surface area (Å²) in [6.07, 6.45) is 0. The van der Waals surface area contributed by atoms with E-state index in [9.17, 15) is 14.7 Å². The molecule has 0 bridgehead atoms. The van der Waals surface area contributed by atoms with Crippen molar-refractivity contribution in [2.24, 2.45) is 11.3 Å². The van der Waals surface area contributed by atoms with Gasteiger partial charge in [-0.1, -0.05) is 13.8 Å². The van der Waals surface area contributed by atoms with E-state index in [4.69, 9.17) is 9.47 Å². The Morgan fingerprint density at radius 3 is 2.12 bits per heavy atom. The number of aliphatic carboxylic acids is 1. The Hall–Kier alpha value is -1.10. The molecule has 0 aliphatic rings. The Labute approximate surface area is 95.7 Å². The van der Waals surface area contributed by atoms with Gasteiger partial charge < -0.3 is 14.6 Å². The molecule has 0 heterocycles. The van der Waals surface area contributed by atoms with Gasteiger partial charge in [0.05, 0.1) is 13.2 Å². The molecule has 0 amide bonds. The van der Waals surface area contributed by atoms with E-state index < -0.39 is 23.3 Å². The Bertz CT molecular complexity index is 249. The minimum Gasteiger partial charge on any atom is -0.480 e.